The van der Waals surface area contributed by atoms with Gasteiger partial charge in [0.1, 0.15) is 11.5 Å². The number of nitrogens with one attached hydrogen (secondary N) is 3. The van der Waals surface area contributed by atoms with Crippen LogP contribution in [0.4, 0.5) is 5.82 Å². The number of hydrogen-bond donors (Lipinski definition) is 3. The maximum absolute atomic E-state index is 12.4. The van der Waals surface area contributed by atoms with E-state index in [4.69, 9.17) is 34.8 Å². The molecule has 1 amide bonds. The van der Waals surface area contributed by atoms with Gasteiger partial charge in [0.05, 0.1) is 27.5 Å². The molecule has 0 fully saturated rings. The summed E-state index contributed by atoms with van der Waals surface area (Å²) < 4.78 is 1.19. The van der Waals surface area contributed by atoms with Crippen molar-refractivity contribution in [3.63, 3.8) is 0 Å². The first-order chi connectivity index (χ1) is 12.3. The normalized spacial score (nSPS) is 10.8. The molecule has 0 spiro atoms. The molecular formula is C16H12Cl3N5O2. The Morgan fingerprint density at radius 1 is 1.23 bits per heavy atom. The molecule has 2 aromatic heterocycles. The summed E-state index contributed by atoms with van der Waals surface area (Å²) in [7, 11) is 0. The number of carbonyl (C=O) groups excluding carboxylic acids is 1. The molecule has 0 atom stereocenters. The minimum absolute atomic E-state index is 0.209. The molecule has 0 saturated heterocycles. The lowest BCUT2D eigenvalue weighted by atomic mass is 10.2. The third-order valence-corrected chi connectivity index (χ3v) is 4.28. The van der Waals surface area contributed by atoms with Gasteiger partial charge in [-0.25, -0.2) is 4.68 Å². The summed E-state index contributed by atoms with van der Waals surface area (Å²) in [5.74, 6) is -0.0548. The second kappa shape index (κ2) is 7.03. The minimum atomic E-state index is -0.399. The Morgan fingerprint density at radius 2 is 1.88 bits per heavy atom. The summed E-state index contributed by atoms with van der Waals surface area (Å²) in [6.45, 7) is 5.15. The first kappa shape index (κ1) is 18.3. The monoisotopic (exact) mass is 411 g/mol. The number of benzene rings is 1. The lowest BCUT2D eigenvalue weighted by molar-refractivity contribution is -0.112. The Labute approximate surface area is 162 Å². The molecule has 0 radical (unpaired) electrons. The van der Waals surface area contributed by atoms with Gasteiger partial charge in [0.25, 0.3) is 11.5 Å². The molecule has 3 rings (SSSR count). The molecule has 0 saturated carbocycles. The average Bonchev–Trinajstić information content (AvgIpc) is 3.13. The maximum Gasteiger partial charge on any atom is 0.271 e. The van der Waals surface area contributed by atoms with E-state index in [9.17, 15) is 9.59 Å². The van der Waals surface area contributed by atoms with Crippen LogP contribution in [-0.2, 0) is 4.79 Å². The quantitative estimate of drug-likeness (QED) is 0.565. The van der Waals surface area contributed by atoms with Crippen molar-refractivity contribution in [3.8, 4) is 16.9 Å². The molecule has 0 bridgehead atoms. The van der Waals surface area contributed by atoms with Crippen molar-refractivity contribution < 1.29 is 4.79 Å². The van der Waals surface area contributed by atoms with Crippen LogP contribution in [0.15, 0.2) is 41.3 Å². The van der Waals surface area contributed by atoms with Gasteiger partial charge >= 0.3 is 0 Å². The molecule has 7 nitrogen and oxygen atoms in total. The van der Waals surface area contributed by atoms with Crippen LogP contribution in [0, 0.1) is 0 Å². The van der Waals surface area contributed by atoms with Crippen molar-refractivity contribution in [2.24, 2.45) is 0 Å². The zero-order chi connectivity index (χ0) is 19.0. The molecule has 3 N–H and O–H groups in total. The van der Waals surface area contributed by atoms with Crippen LogP contribution in [0.3, 0.4) is 0 Å². The fourth-order valence-electron chi connectivity index (χ4n) is 2.25. The maximum atomic E-state index is 12.4. The number of hydrogen-bond acceptors (Lipinski definition) is 3. The molecule has 134 valence electrons. The topological polar surface area (TPSA) is 95.6 Å². The summed E-state index contributed by atoms with van der Waals surface area (Å²) in [6, 6.07) is 4.30. The smallest absolute Gasteiger partial charge is 0.271 e. The highest BCUT2D eigenvalue weighted by molar-refractivity contribution is 6.40. The molecule has 2 heterocycles. The van der Waals surface area contributed by atoms with Crippen LogP contribution in [0.5, 0.6) is 0 Å². The number of rotatable bonds is 4. The van der Waals surface area contributed by atoms with Crippen molar-refractivity contribution in [2.45, 2.75) is 6.92 Å². The highest BCUT2D eigenvalue weighted by atomic mass is 35.5. The summed E-state index contributed by atoms with van der Waals surface area (Å²) >= 11 is 18.3. The van der Waals surface area contributed by atoms with E-state index in [1.165, 1.54) is 29.1 Å². The Kier molecular flexibility index (Phi) is 4.95. The molecule has 0 unspecified atom stereocenters. The van der Waals surface area contributed by atoms with E-state index in [1.807, 2.05) is 0 Å². The van der Waals surface area contributed by atoms with E-state index in [1.54, 1.807) is 6.92 Å². The van der Waals surface area contributed by atoms with Gasteiger partial charge in [0.15, 0.2) is 0 Å². The fraction of sp³-hybridized carbons (Fsp3) is 0.0625. The number of H-pyrrole nitrogens is 2. The van der Waals surface area contributed by atoms with Gasteiger partial charge in [-0.3, -0.25) is 19.8 Å². The number of aromatic amines is 2. The molecule has 10 heteroatoms. The molecular weight excluding hydrogens is 401 g/mol. The van der Waals surface area contributed by atoms with Crippen molar-refractivity contribution >= 4 is 46.5 Å². The summed E-state index contributed by atoms with van der Waals surface area (Å²) in [5.41, 5.74) is 1.09. The SMILES string of the molecule is C=C(C)C(=O)Nc1[nH]ncc1-c1cc(=O)n(-c2c(Cl)cc(Cl)cc2Cl)[nH]1. The Bertz CT molecular complexity index is 1060. The second-order valence-electron chi connectivity index (χ2n) is 5.45. The first-order valence-electron chi connectivity index (χ1n) is 7.25. The Balaban J connectivity index is 2.06. The second-order valence-corrected chi connectivity index (χ2v) is 6.71. The van der Waals surface area contributed by atoms with Crippen LogP contribution in [0.2, 0.25) is 15.1 Å². The van der Waals surface area contributed by atoms with Crippen LogP contribution < -0.4 is 10.9 Å². The molecule has 1 aromatic carbocycles. The van der Waals surface area contributed by atoms with Crippen LogP contribution in [-0.4, -0.2) is 25.9 Å². The number of aromatic nitrogens is 4. The lowest BCUT2D eigenvalue weighted by Crippen LogP contribution is -2.14. The van der Waals surface area contributed by atoms with Gasteiger partial charge in [0.2, 0.25) is 0 Å². The lowest BCUT2D eigenvalue weighted by Gasteiger charge is -2.08. The molecule has 0 aliphatic rings. The number of amides is 1. The summed E-state index contributed by atoms with van der Waals surface area (Å²) in [4.78, 5) is 24.2. The molecule has 3 aromatic rings. The van der Waals surface area contributed by atoms with Crippen LogP contribution in [0.25, 0.3) is 16.9 Å². The standard InChI is InChI=1S/C16H12Cl3N5O2/c1-7(2)16(26)21-15-9(6-20-22-15)12-5-13(25)24(23-12)14-10(18)3-8(17)4-11(14)19/h3-6,23H,1H2,2H3,(H2,20,21,22,26). The number of halogens is 3. The average molecular weight is 413 g/mol. The third kappa shape index (κ3) is 3.41. The largest absolute Gasteiger partial charge is 0.307 e. The summed E-state index contributed by atoms with van der Waals surface area (Å²) in [6.07, 6.45) is 1.47. The van der Waals surface area contributed by atoms with E-state index < -0.39 is 5.56 Å². The van der Waals surface area contributed by atoms with Crippen LogP contribution in [0.1, 0.15) is 6.92 Å². The van der Waals surface area contributed by atoms with Crippen molar-refractivity contribution in [2.75, 3.05) is 5.32 Å². The highest BCUT2D eigenvalue weighted by Crippen LogP contribution is 2.32. The first-order valence-corrected chi connectivity index (χ1v) is 8.39. The number of anilines is 1. The summed E-state index contributed by atoms with van der Waals surface area (Å²) in [5, 5.41) is 12.9. The molecule has 0 aliphatic heterocycles. The van der Waals surface area contributed by atoms with Crippen molar-refractivity contribution in [1.82, 2.24) is 20.0 Å². The van der Waals surface area contributed by atoms with Gasteiger partial charge in [-0.2, -0.15) is 5.10 Å². The van der Waals surface area contributed by atoms with Gasteiger partial charge in [-0.15, -0.1) is 0 Å². The minimum Gasteiger partial charge on any atom is -0.307 e. The zero-order valence-corrected chi connectivity index (χ0v) is 15.6. The third-order valence-electron chi connectivity index (χ3n) is 3.48. The van der Waals surface area contributed by atoms with Gasteiger partial charge in [-0.05, 0) is 19.1 Å². The predicted octanol–water partition coefficient (Wildman–Crippen LogP) is 4.03. The van der Waals surface area contributed by atoms with E-state index in [-0.39, 0.29) is 21.6 Å². The Hall–Kier alpha value is -2.48. The zero-order valence-electron chi connectivity index (χ0n) is 13.4. The molecule has 0 aliphatic carbocycles. The fourth-order valence-corrected chi connectivity index (χ4v) is 3.24. The Morgan fingerprint density at radius 3 is 2.50 bits per heavy atom. The number of nitrogens with zero attached hydrogens (tertiary/aromatic N) is 2. The van der Waals surface area contributed by atoms with Crippen molar-refractivity contribution in [3.05, 3.63) is 62.0 Å². The van der Waals surface area contributed by atoms with E-state index >= 15 is 0 Å². The predicted molar refractivity (Wildman–Crippen MR) is 102 cm³/mol. The van der Waals surface area contributed by atoms with Gasteiger partial charge < -0.3 is 5.32 Å². The van der Waals surface area contributed by atoms with E-state index in [0.29, 0.717) is 27.7 Å². The van der Waals surface area contributed by atoms with E-state index in [0.717, 1.165) is 0 Å². The number of carbonyl (C=O) groups is 1. The van der Waals surface area contributed by atoms with E-state index in [2.05, 4.69) is 27.2 Å². The van der Waals surface area contributed by atoms with Crippen LogP contribution >= 0.6 is 34.8 Å². The highest BCUT2D eigenvalue weighted by Gasteiger charge is 2.17. The molecule has 26 heavy (non-hydrogen) atoms. The van der Waals surface area contributed by atoms with Crippen molar-refractivity contribution in [1.29, 1.82) is 0 Å². The van der Waals surface area contributed by atoms with Gasteiger partial charge in [-0.1, -0.05) is 41.4 Å². The van der Waals surface area contributed by atoms with Gasteiger partial charge in [0, 0.05) is 16.7 Å².